The summed E-state index contributed by atoms with van der Waals surface area (Å²) in [6.07, 6.45) is 0. The minimum Gasteiger partial charge on any atom is -0.345 e. The number of anilines is 2. The molecule has 3 aromatic carbocycles. The van der Waals surface area contributed by atoms with Crippen molar-refractivity contribution in [2.75, 3.05) is 11.9 Å². The summed E-state index contributed by atoms with van der Waals surface area (Å²) in [5, 5.41) is 0. The molecule has 0 saturated heterocycles. The van der Waals surface area contributed by atoms with Crippen LogP contribution in [0.15, 0.2) is 91.0 Å². The van der Waals surface area contributed by atoms with Gasteiger partial charge in [-0.2, -0.15) is 0 Å². The summed E-state index contributed by atoms with van der Waals surface area (Å²) in [4.78, 5) is 2.17. The Morgan fingerprint density at radius 3 is 1.14 bits per heavy atom. The first-order chi connectivity index (χ1) is 10.3. The van der Waals surface area contributed by atoms with Gasteiger partial charge in [-0.3, -0.25) is 0 Å². The number of para-hydroxylation sites is 2. The fraction of sp³-hybridized carbons (Fsp3) is 0.143. The molecule has 0 bridgehead atoms. The monoisotopic (exact) mass is 291 g/mol. The van der Waals surface area contributed by atoms with Gasteiger partial charge in [-0.05, 0) is 31.2 Å². The predicted molar refractivity (Wildman–Crippen MR) is 98.9 cm³/mol. The van der Waals surface area contributed by atoms with E-state index in [1.54, 1.807) is 0 Å². The maximum Gasteiger partial charge on any atom is 0.0408 e. The van der Waals surface area contributed by atoms with E-state index in [2.05, 4.69) is 79.5 Å². The van der Waals surface area contributed by atoms with Crippen LogP contribution in [0.25, 0.3) is 0 Å². The third-order valence-corrected chi connectivity index (χ3v) is 3.23. The molecule has 0 heterocycles. The van der Waals surface area contributed by atoms with E-state index in [1.807, 2.05) is 30.3 Å². The second-order valence-electron chi connectivity index (χ2n) is 4.88. The fourth-order valence-corrected chi connectivity index (χ4v) is 1.99. The SMILES string of the molecule is C.CN(c1ccccc1)c1ccccc1.Cc1ccccc1. The summed E-state index contributed by atoms with van der Waals surface area (Å²) in [6.45, 7) is 2.08. The molecule has 3 rings (SSSR count). The molecule has 0 N–H and O–H groups in total. The summed E-state index contributed by atoms with van der Waals surface area (Å²) in [7, 11) is 2.07. The Kier molecular flexibility index (Phi) is 7.49. The zero-order valence-corrected chi connectivity index (χ0v) is 12.6. The summed E-state index contributed by atoms with van der Waals surface area (Å²) < 4.78 is 0. The number of hydrogen-bond acceptors (Lipinski definition) is 1. The van der Waals surface area contributed by atoms with Crippen LogP contribution in [0.1, 0.15) is 13.0 Å². The summed E-state index contributed by atoms with van der Waals surface area (Å²) in [6, 6.07) is 30.9. The smallest absolute Gasteiger partial charge is 0.0408 e. The maximum atomic E-state index is 2.17. The van der Waals surface area contributed by atoms with Gasteiger partial charge in [0.15, 0.2) is 0 Å². The molecule has 0 radical (unpaired) electrons. The highest BCUT2D eigenvalue weighted by molar-refractivity contribution is 5.61. The zero-order chi connectivity index (χ0) is 14.9. The number of aryl methyl sites for hydroxylation is 1. The van der Waals surface area contributed by atoms with Crippen molar-refractivity contribution < 1.29 is 0 Å². The summed E-state index contributed by atoms with van der Waals surface area (Å²) >= 11 is 0. The normalized spacial score (nSPS) is 9.00. The number of rotatable bonds is 2. The Morgan fingerprint density at radius 1 is 0.545 bits per heavy atom. The van der Waals surface area contributed by atoms with Gasteiger partial charge in [0.05, 0.1) is 0 Å². The van der Waals surface area contributed by atoms with Gasteiger partial charge >= 0.3 is 0 Å². The molecule has 0 unspecified atom stereocenters. The van der Waals surface area contributed by atoms with E-state index in [4.69, 9.17) is 0 Å². The highest BCUT2D eigenvalue weighted by Crippen LogP contribution is 2.21. The molecule has 22 heavy (non-hydrogen) atoms. The van der Waals surface area contributed by atoms with E-state index in [0.717, 1.165) is 0 Å². The van der Waals surface area contributed by atoms with Gasteiger partial charge in [0, 0.05) is 18.4 Å². The van der Waals surface area contributed by atoms with Crippen LogP contribution < -0.4 is 4.90 Å². The first kappa shape index (κ1) is 17.5. The van der Waals surface area contributed by atoms with Crippen molar-refractivity contribution in [1.82, 2.24) is 0 Å². The molecule has 0 saturated carbocycles. The number of nitrogens with zero attached hydrogens (tertiary/aromatic N) is 1. The Bertz CT molecular complexity index is 578. The van der Waals surface area contributed by atoms with Crippen molar-refractivity contribution in [1.29, 1.82) is 0 Å². The van der Waals surface area contributed by atoms with Gasteiger partial charge in [-0.1, -0.05) is 79.7 Å². The van der Waals surface area contributed by atoms with E-state index >= 15 is 0 Å². The van der Waals surface area contributed by atoms with Crippen LogP contribution in [-0.2, 0) is 0 Å². The minimum absolute atomic E-state index is 0. The predicted octanol–water partition coefficient (Wildman–Crippen LogP) is 6.09. The summed E-state index contributed by atoms with van der Waals surface area (Å²) in [5.74, 6) is 0. The molecule has 0 atom stereocenters. The molecule has 114 valence electrons. The molecule has 0 amide bonds. The lowest BCUT2D eigenvalue weighted by Crippen LogP contribution is -2.08. The van der Waals surface area contributed by atoms with Gasteiger partial charge in [-0.15, -0.1) is 0 Å². The summed E-state index contributed by atoms with van der Waals surface area (Å²) in [5.41, 5.74) is 3.74. The Balaban J connectivity index is 0.000000258. The highest BCUT2D eigenvalue weighted by atomic mass is 15.1. The van der Waals surface area contributed by atoms with Crippen LogP contribution >= 0.6 is 0 Å². The van der Waals surface area contributed by atoms with Crippen LogP contribution in [0.3, 0.4) is 0 Å². The van der Waals surface area contributed by atoms with E-state index in [1.165, 1.54) is 16.9 Å². The lowest BCUT2D eigenvalue weighted by molar-refractivity contribution is 1.21. The van der Waals surface area contributed by atoms with E-state index in [9.17, 15) is 0 Å². The lowest BCUT2D eigenvalue weighted by atomic mass is 10.2. The van der Waals surface area contributed by atoms with Gasteiger partial charge < -0.3 is 4.90 Å². The second-order valence-corrected chi connectivity index (χ2v) is 4.88. The largest absolute Gasteiger partial charge is 0.345 e. The molecule has 1 nitrogen and oxygen atoms in total. The fourth-order valence-electron chi connectivity index (χ4n) is 1.99. The van der Waals surface area contributed by atoms with Crippen molar-refractivity contribution in [3.63, 3.8) is 0 Å². The standard InChI is InChI=1S/C13H13N.C7H8.CH4/c1-14(12-8-4-2-5-9-12)13-10-6-3-7-11-13;1-7-5-3-2-4-6-7;/h2-11H,1H3;2-6H,1H3;1H4. The van der Waals surface area contributed by atoms with Gasteiger partial charge in [-0.25, -0.2) is 0 Å². The van der Waals surface area contributed by atoms with Crippen molar-refractivity contribution in [3.8, 4) is 0 Å². The average Bonchev–Trinajstić information content (AvgIpc) is 2.57. The Labute approximate surface area is 134 Å². The molecule has 0 aliphatic rings. The van der Waals surface area contributed by atoms with Gasteiger partial charge in [0.25, 0.3) is 0 Å². The maximum absolute atomic E-state index is 2.17. The second kappa shape index (κ2) is 9.41. The molecule has 1 heteroatoms. The van der Waals surface area contributed by atoms with Crippen molar-refractivity contribution in [2.24, 2.45) is 0 Å². The van der Waals surface area contributed by atoms with Crippen molar-refractivity contribution in [3.05, 3.63) is 96.6 Å². The Hall–Kier alpha value is -2.54. The van der Waals surface area contributed by atoms with Crippen LogP contribution in [0.2, 0.25) is 0 Å². The molecule has 0 aliphatic carbocycles. The number of hydrogen-bond donors (Lipinski definition) is 0. The van der Waals surface area contributed by atoms with Crippen LogP contribution in [0.5, 0.6) is 0 Å². The molecule has 0 fully saturated rings. The van der Waals surface area contributed by atoms with E-state index < -0.39 is 0 Å². The molecular formula is C21H25N. The van der Waals surface area contributed by atoms with E-state index in [-0.39, 0.29) is 7.43 Å². The minimum atomic E-state index is 0. The highest BCUT2D eigenvalue weighted by Gasteiger charge is 2.00. The van der Waals surface area contributed by atoms with Crippen LogP contribution in [0.4, 0.5) is 11.4 Å². The lowest BCUT2D eigenvalue weighted by Gasteiger charge is -2.18. The quantitative estimate of drug-likeness (QED) is 0.552. The molecule has 0 spiro atoms. The third-order valence-electron chi connectivity index (χ3n) is 3.23. The Morgan fingerprint density at radius 2 is 0.864 bits per heavy atom. The van der Waals surface area contributed by atoms with E-state index in [0.29, 0.717) is 0 Å². The first-order valence-corrected chi connectivity index (χ1v) is 7.13. The van der Waals surface area contributed by atoms with Gasteiger partial charge in [0.1, 0.15) is 0 Å². The third kappa shape index (κ3) is 5.45. The van der Waals surface area contributed by atoms with Crippen molar-refractivity contribution in [2.45, 2.75) is 14.4 Å². The number of benzene rings is 3. The molecule has 0 aromatic heterocycles. The van der Waals surface area contributed by atoms with Crippen molar-refractivity contribution >= 4 is 11.4 Å². The van der Waals surface area contributed by atoms with Crippen LogP contribution in [-0.4, -0.2) is 7.05 Å². The average molecular weight is 291 g/mol. The van der Waals surface area contributed by atoms with Gasteiger partial charge in [0.2, 0.25) is 0 Å². The first-order valence-electron chi connectivity index (χ1n) is 7.13. The molecule has 0 aliphatic heterocycles. The molecular weight excluding hydrogens is 266 g/mol. The van der Waals surface area contributed by atoms with Crippen LogP contribution in [0, 0.1) is 6.92 Å². The molecule has 3 aromatic rings. The topological polar surface area (TPSA) is 3.24 Å². The zero-order valence-electron chi connectivity index (χ0n) is 12.6.